The van der Waals surface area contributed by atoms with Crippen LogP contribution in [0.5, 0.6) is 0 Å². The zero-order valence-electron chi connectivity index (χ0n) is 12.8. The predicted octanol–water partition coefficient (Wildman–Crippen LogP) is 1.59. The van der Waals surface area contributed by atoms with Crippen molar-refractivity contribution < 1.29 is 13.2 Å². The van der Waals surface area contributed by atoms with Crippen LogP contribution in [0.4, 0.5) is 0 Å². The van der Waals surface area contributed by atoms with Gasteiger partial charge in [-0.05, 0) is 24.0 Å². The first-order valence-corrected chi connectivity index (χ1v) is 9.27. The van der Waals surface area contributed by atoms with Crippen LogP contribution in [0.25, 0.3) is 0 Å². The van der Waals surface area contributed by atoms with Gasteiger partial charge in [-0.1, -0.05) is 24.3 Å². The van der Waals surface area contributed by atoms with Crippen molar-refractivity contribution in [3.8, 4) is 0 Å². The summed E-state index contributed by atoms with van der Waals surface area (Å²) in [5.74, 6) is 0. The lowest BCUT2D eigenvalue weighted by molar-refractivity contribution is 0.184. The van der Waals surface area contributed by atoms with E-state index in [0.717, 1.165) is 18.4 Å². The van der Waals surface area contributed by atoms with Gasteiger partial charge in [0, 0.05) is 25.9 Å². The van der Waals surface area contributed by atoms with E-state index in [2.05, 4.69) is 11.2 Å². The van der Waals surface area contributed by atoms with Crippen LogP contribution in [-0.4, -0.2) is 42.3 Å². The van der Waals surface area contributed by atoms with Crippen LogP contribution in [-0.2, 0) is 27.7 Å². The van der Waals surface area contributed by atoms with E-state index in [4.69, 9.17) is 4.74 Å². The van der Waals surface area contributed by atoms with Gasteiger partial charge in [-0.2, -0.15) is 9.40 Å². The molecule has 1 unspecified atom stereocenters. The number of fused-ring (bicyclic) bond motifs is 1. The maximum absolute atomic E-state index is 12.9. The first-order valence-electron chi connectivity index (χ1n) is 7.83. The topological polar surface area (TPSA) is 64.4 Å². The Morgan fingerprint density at radius 2 is 2.04 bits per heavy atom. The fourth-order valence-electron chi connectivity index (χ4n) is 3.21. The van der Waals surface area contributed by atoms with Crippen LogP contribution < -0.4 is 0 Å². The Morgan fingerprint density at radius 3 is 2.83 bits per heavy atom. The lowest BCUT2D eigenvalue weighted by Gasteiger charge is -2.27. The molecule has 0 amide bonds. The quantitative estimate of drug-likeness (QED) is 0.856. The van der Waals surface area contributed by atoms with Gasteiger partial charge in [0.25, 0.3) is 0 Å². The number of nitrogens with zero attached hydrogens (tertiary/aromatic N) is 3. The summed E-state index contributed by atoms with van der Waals surface area (Å²) in [5, 5.41) is 4.23. The molecule has 1 atom stereocenters. The van der Waals surface area contributed by atoms with Gasteiger partial charge >= 0.3 is 0 Å². The van der Waals surface area contributed by atoms with Gasteiger partial charge in [0.05, 0.1) is 18.8 Å². The molecule has 2 aliphatic rings. The van der Waals surface area contributed by atoms with Crippen molar-refractivity contribution in [3.05, 3.63) is 47.8 Å². The highest BCUT2D eigenvalue weighted by Crippen LogP contribution is 2.26. The first kappa shape index (κ1) is 14.9. The van der Waals surface area contributed by atoms with E-state index in [-0.39, 0.29) is 10.9 Å². The summed E-state index contributed by atoms with van der Waals surface area (Å²) in [5.41, 5.74) is 2.32. The van der Waals surface area contributed by atoms with Gasteiger partial charge in [-0.15, -0.1) is 0 Å². The number of benzene rings is 1. The zero-order chi connectivity index (χ0) is 15.9. The normalized spacial score (nSPS) is 22.2. The van der Waals surface area contributed by atoms with Crippen molar-refractivity contribution >= 4 is 10.0 Å². The second-order valence-electron chi connectivity index (χ2n) is 6.03. The molecule has 0 aliphatic carbocycles. The van der Waals surface area contributed by atoms with Gasteiger partial charge in [-0.3, -0.25) is 4.68 Å². The third-order valence-corrected chi connectivity index (χ3v) is 6.39. The van der Waals surface area contributed by atoms with E-state index in [1.165, 1.54) is 11.8 Å². The molecule has 2 aliphatic heterocycles. The second-order valence-corrected chi connectivity index (χ2v) is 7.97. The molecule has 2 aromatic rings. The van der Waals surface area contributed by atoms with E-state index in [9.17, 15) is 8.42 Å². The fourth-order valence-corrected chi connectivity index (χ4v) is 4.57. The lowest BCUT2D eigenvalue weighted by atomic mass is 10.0. The minimum absolute atomic E-state index is 0.140. The SMILES string of the molecule is O=S(=O)(c1cnn(C2CCOC2)c1)N1CCc2ccccc2C1. The van der Waals surface area contributed by atoms with Crippen LogP contribution >= 0.6 is 0 Å². The van der Waals surface area contributed by atoms with Crippen LogP contribution in [0.1, 0.15) is 23.6 Å². The molecule has 4 rings (SSSR count). The number of aromatic nitrogens is 2. The van der Waals surface area contributed by atoms with Crippen LogP contribution in [0, 0.1) is 0 Å². The lowest BCUT2D eigenvalue weighted by Crippen LogP contribution is -2.35. The Hall–Kier alpha value is -1.70. The summed E-state index contributed by atoms with van der Waals surface area (Å²) >= 11 is 0. The monoisotopic (exact) mass is 333 g/mol. The second kappa shape index (κ2) is 5.74. The molecule has 122 valence electrons. The summed E-state index contributed by atoms with van der Waals surface area (Å²) < 4.78 is 34.3. The van der Waals surface area contributed by atoms with E-state index in [0.29, 0.717) is 26.3 Å². The van der Waals surface area contributed by atoms with E-state index in [1.807, 2.05) is 18.2 Å². The summed E-state index contributed by atoms with van der Waals surface area (Å²) in [7, 11) is -3.50. The minimum Gasteiger partial charge on any atom is -0.379 e. The van der Waals surface area contributed by atoms with Gasteiger partial charge in [-0.25, -0.2) is 8.42 Å². The van der Waals surface area contributed by atoms with Crippen molar-refractivity contribution in [2.24, 2.45) is 0 Å². The Labute approximate surface area is 135 Å². The fraction of sp³-hybridized carbons (Fsp3) is 0.438. The highest BCUT2D eigenvalue weighted by atomic mass is 32.2. The molecule has 1 aromatic carbocycles. The Kier molecular flexibility index (Phi) is 3.71. The largest absolute Gasteiger partial charge is 0.379 e. The van der Waals surface area contributed by atoms with E-state index >= 15 is 0 Å². The summed E-state index contributed by atoms with van der Waals surface area (Å²) in [6.07, 6.45) is 4.71. The van der Waals surface area contributed by atoms with Crippen molar-refractivity contribution in [1.82, 2.24) is 14.1 Å². The molecule has 0 N–H and O–H groups in total. The highest BCUT2D eigenvalue weighted by Gasteiger charge is 2.30. The molecule has 1 fully saturated rings. The smallest absolute Gasteiger partial charge is 0.246 e. The molecule has 0 radical (unpaired) electrons. The molecule has 0 bridgehead atoms. The average molecular weight is 333 g/mol. The zero-order valence-corrected chi connectivity index (χ0v) is 13.6. The average Bonchev–Trinajstić information content (AvgIpc) is 3.25. The maximum Gasteiger partial charge on any atom is 0.246 e. The molecular formula is C16H19N3O3S. The number of sulfonamides is 1. The molecule has 0 spiro atoms. The molecule has 1 saturated heterocycles. The van der Waals surface area contributed by atoms with E-state index in [1.54, 1.807) is 15.2 Å². The van der Waals surface area contributed by atoms with Gasteiger partial charge in [0.15, 0.2) is 0 Å². The summed E-state index contributed by atoms with van der Waals surface area (Å²) in [6.45, 7) is 2.24. The predicted molar refractivity (Wildman–Crippen MR) is 84.4 cm³/mol. The maximum atomic E-state index is 12.9. The summed E-state index contributed by atoms with van der Waals surface area (Å²) in [6, 6.07) is 8.15. The van der Waals surface area contributed by atoms with E-state index < -0.39 is 10.0 Å². The minimum atomic E-state index is -3.50. The van der Waals surface area contributed by atoms with Crippen LogP contribution in [0.3, 0.4) is 0 Å². The first-order chi connectivity index (χ1) is 11.1. The molecular weight excluding hydrogens is 314 g/mol. The Balaban J connectivity index is 1.59. The third-order valence-electron chi connectivity index (χ3n) is 4.59. The molecule has 6 nitrogen and oxygen atoms in total. The molecule has 1 aromatic heterocycles. The number of hydrogen-bond acceptors (Lipinski definition) is 4. The van der Waals surface area contributed by atoms with Crippen molar-refractivity contribution in [2.75, 3.05) is 19.8 Å². The molecule has 0 saturated carbocycles. The summed E-state index contributed by atoms with van der Waals surface area (Å²) in [4.78, 5) is 0.267. The Bertz CT molecular complexity index is 809. The van der Waals surface area contributed by atoms with Crippen molar-refractivity contribution in [2.45, 2.75) is 30.3 Å². The molecule has 7 heteroatoms. The highest BCUT2D eigenvalue weighted by molar-refractivity contribution is 7.89. The van der Waals surface area contributed by atoms with Gasteiger partial charge in [0.2, 0.25) is 10.0 Å². The van der Waals surface area contributed by atoms with Crippen LogP contribution in [0.15, 0.2) is 41.6 Å². The van der Waals surface area contributed by atoms with Gasteiger partial charge < -0.3 is 4.74 Å². The molecule has 3 heterocycles. The molecule has 23 heavy (non-hydrogen) atoms. The van der Waals surface area contributed by atoms with Crippen molar-refractivity contribution in [1.29, 1.82) is 0 Å². The van der Waals surface area contributed by atoms with Gasteiger partial charge in [0.1, 0.15) is 4.90 Å². The van der Waals surface area contributed by atoms with Crippen LogP contribution in [0.2, 0.25) is 0 Å². The number of rotatable bonds is 3. The number of ether oxygens (including phenoxy) is 1. The Morgan fingerprint density at radius 1 is 1.22 bits per heavy atom. The third kappa shape index (κ3) is 2.69. The van der Waals surface area contributed by atoms with Crippen molar-refractivity contribution in [3.63, 3.8) is 0 Å². The standard InChI is InChI=1S/C16H19N3O3S/c20-23(21,16-9-17-19(11-16)15-6-8-22-12-15)18-7-5-13-3-1-2-4-14(13)10-18/h1-4,9,11,15H,5-8,10,12H2. The number of hydrogen-bond donors (Lipinski definition) is 0.